The van der Waals surface area contributed by atoms with E-state index in [-0.39, 0.29) is 5.69 Å². The highest BCUT2D eigenvalue weighted by Gasteiger charge is 2.20. The molecule has 0 heterocycles. The number of rotatable bonds is 7. The van der Waals surface area contributed by atoms with Gasteiger partial charge in [-0.25, -0.2) is 0 Å². The third-order valence-electron chi connectivity index (χ3n) is 2.79. The molecule has 0 bridgehead atoms. The minimum Gasteiger partial charge on any atom is -0.388 e. The number of anilines is 1. The van der Waals surface area contributed by atoms with E-state index in [1.165, 1.54) is 12.1 Å². The molecule has 0 spiro atoms. The van der Waals surface area contributed by atoms with Gasteiger partial charge in [-0.1, -0.05) is 0 Å². The van der Waals surface area contributed by atoms with Crippen molar-refractivity contribution in [2.45, 2.75) is 25.9 Å². The third-order valence-corrected chi connectivity index (χ3v) is 2.79. The van der Waals surface area contributed by atoms with Crippen molar-refractivity contribution in [3.05, 3.63) is 33.9 Å². The molecule has 106 valence electrons. The van der Waals surface area contributed by atoms with E-state index in [0.717, 1.165) is 5.56 Å². The van der Waals surface area contributed by atoms with Crippen LogP contribution in [0.15, 0.2) is 18.2 Å². The number of methoxy groups -OCH3 is 1. The summed E-state index contributed by atoms with van der Waals surface area (Å²) in [5.41, 5.74) is 0.547. The molecule has 0 aliphatic heterocycles. The first-order valence-electron chi connectivity index (χ1n) is 6.05. The van der Waals surface area contributed by atoms with E-state index in [9.17, 15) is 15.2 Å². The van der Waals surface area contributed by atoms with Crippen molar-refractivity contribution in [2.24, 2.45) is 0 Å². The predicted octanol–water partition coefficient (Wildman–Crippen LogP) is 2.10. The fraction of sp³-hybridized carbons (Fsp3) is 0.538. The molecule has 0 amide bonds. The highest BCUT2D eigenvalue weighted by molar-refractivity contribution is 5.53. The summed E-state index contributed by atoms with van der Waals surface area (Å²) in [5.74, 6) is 0. The maximum Gasteiger partial charge on any atom is 0.271 e. The molecule has 0 radical (unpaired) electrons. The number of aliphatic hydroxyl groups is 1. The largest absolute Gasteiger partial charge is 0.388 e. The van der Waals surface area contributed by atoms with Crippen LogP contribution >= 0.6 is 0 Å². The van der Waals surface area contributed by atoms with Gasteiger partial charge in [-0.3, -0.25) is 10.1 Å². The Hall–Kier alpha value is -1.66. The van der Waals surface area contributed by atoms with Crippen molar-refractivity contribution >= 4 is 11.4 Å². The Morgan fingerprint density at radius 3 is 2.74 bits per heavy atom. The molecule has 1 atom stereocenters. The first-order chi connectivity index (χ1) is 8.84. The molecule has 6 nitrogen and oxygen atoms in total. The van der Waals surface area contributed by atoms with E-state index < -0.39 is 10.5 Å². The Balaban J connectivity index is 2.69. The molecular weight excluding hydrogens is 248 g/mol. The number of nitrogens with zero attached hydrogens (tertiary/aromatic N) is 1. The van der Waals surface area contributed by atoms with Gasteiger partial charge in [-0.2, -0.15) is 0 Å². The molecule has 19 heavy (non-hydrogen) atoms. The van der Waals surface area contributed by atoms with Gasteiger partial charge >= 0.3 is 0 Å². The van der Waals surface area contributed by atoms with Gasteiger partial charge in [0.2, 0.25) is 0 Å². The van der Waals surface area contributed by atoms with Crippen LogP contribution in [0.25, 0.3) is 0 Å². The maximum atomic E-state index is 10.8. The van der Waals surface area contributed by atoms with Crippen molar-refractivity contribution in [3.63, 3.8) is 0 Å². The van der Waals surface area contributed by atoms with Gasteiger partial charge < -0.3 is 15.2 Å². The lowest BCUT2D eigenvalue weighted by molar-refractivity contribution is -0.384. The Labute approximate surface area is 112 Å². The zero-order valence-electron chi connectivity index (χ0n) is 11.5. The third kappa shape index (κ3) is 5.23. The molecular formula is C13H20N2O4. The predicted molar refractivity (Wildman–Crippen MR) is 73.4 cm³/mol. The van der Waals surface area contributed by atoms with Crippen molar-refractivity contribution in [2.75, 3.05) is 25.6 Å². The van der Waals surface area contributed by atoms with Crippen LogP contribution in [-0.4, -0.2) is 35.9 Å². The Morgan fingerprint density at radius 1 is 1.47 bits per heavy atom. The van der Waals surface area contributed by atoms with Gasteiger partial charge in [-0.15, -0.1) is 0 Å². The standard InChI is InChI=1S/C13H20N2O4/c1-10-6-11(8-12(7-10)15(17)18)14-9-13(2,16)4-5-19-3/h6-8,14,16H,4-5,9H2,1-3H3. The minimum absolute atomic E-state index is 0.0408. The summed E-state index contributed by atoms with van der Waals surface area (Å²) >= 11 is 0. The molecule has 0 fully saturated rings. The summed E-state index contributed by atoms with van der Waals surface area (Å²) in [7, 11) is 1.58. The molecule has 6 heteroatoms. The van der Waals surface area contributed by atoms with Crippen LogP contribution in [0, 0.1) is 17.0 Å². The summed E-state index contributed by atoms with van der Waals surface area (Å²) in [6, 6.07) is 4.77. The van der Waals surface area contributed by atoms with Crippen LogP contribution in [0.4, 0.5) is 11.4 Å². The van der Waals surface area contributed by atoms with Crippen LogP contribution in [0.1, 0.15) is 18.9 Å². The van der Waals surface area contributed by atoms with Gasteiger partial charge in [0.25, 0.3) is 5.69 Å². The van der Waals surface area contributed by atoms with Crippen LogP contribution in [-0.2, 0) is 4.74 Å². The quantitative estimate of drug-likeness (QED) is 0.584. The molecule has 0 aromatic heterocycles. The number of aryl methyl sites for hydroxylation is 1. The zero-order chi connectivity index (χ0) is 14.5. The average Bonchev–Trinajstić information content (AvgIpc) is 2.33. The summed E-state index contributed by atoms with van der Waals surface area (Å²) < 4.78 is 4.92. The first kappa shape index (κ1) is 15.4. The number of non-ortho nitro benzene ring substituents is 1. The van der Waals surface area contributed by atoms with E-state index in [4.69, 9.17) is 4.74 Å². The number of hydrogen-bond donors (Lipinski definition) is 2. The second-order valence-corrected chi connectivity index (χ2v) is 4.91. The number of ether oxygens (including phenoxy) is 1. The Kier molecular flexibility index (Phi) is 5.26. The Bertz CT molecular complexity index is 446. The van der Waals surface area contributed by atoms with E-state index in [1.807, 2.05) is 0 Å². The second kappa shape index (κ2) is 6.49. The second-order valence-electron chi connectivity index (χ2n) is 4.91. The van der Waals surface area contributed by atoms with Gasteiger partial charge in [-0.05, 0) is 25.5 Å². The minimum atomic E-state index is -0.922. The molecule has 1 rings (SSSR count). The molecule has 1 aromatic rings. The summed E-state index contributed by atoms with van der Waals surface area (Å²) in [6.45, 7) is 4.25. The Morgan fingerprint density at radius 2 is 2.16 bits per heavy atom. The van der Waals surface area contributed by atoms with Gasteiger partial charge in [0.05, 0.1) is 10.5 Å². The topological polar surface area (TPSA) is 84.6 Å². The first-order valence-corrected chi connectivity index (χ1v) is 6.05. The molecule has 2 N–H and O–H groups in total. The number of nitro benzene ring substituents is 1. The van der Waals surface area contributed by atoms with E-state index in [1.54, 1.807) is 27.0 Å². The molecule has 0 saturated carbocycles. The van der Waals surface area contributed by atoms with Gasteiger partial charge in [0.15, 0.2) is 0 Å². The van der Waals surface area contributed by atoms with Crippen molar-refractivity contribution < 1.29 is 14.8 Å². The fourth-order valence-electron chi connectivity index (χ4n) is 1.67. The van der Waals surface area contributed by atoms with Gasteiger partial charge in [0.1, 0.15) is 0 Å². The molecule has 1 unspecified atom stereocenters. The SMILES string of the molecule is COCCC(C)(O)CNc1cc(C)cc([N+](=O)[O-])c1. The maximum absolute atomic E-state index is 10.8. The summed E-state index contributed by atoms with van der Waals surface area (Å²) in [6.07, 6.45) is 0.490. The molecule has 0 aliphatic rings. The monoisotopic (exact) mass is 268 g/mol. The average molecular weight is 268 g/mol. The molecule has 1 aromatic carbocycles. The lowest BCUT2D eigenvalue weighted by Gasteiger charge is -2.23. The van der Waals surface area contributed by atoms with Gasteiger partial charge in [0, 0.05) is 44.5 Å². The van der Waals surface area contributed by atoms with E-state index in [2.05, 4.69) is 5.32 Å². The van der Waals surface area contributed by atoms with Crippen molar-refractivity contribution in [1.82, 2.24) is 0 Å². The highest BCUT2D eigenvalue weighted by atomic mass is 16.6. The van der Waals surface area contributed by atoms with E-state index in [0.29, 0.717) is 25.3 Å². The lowest BCUT2D eigenvalue weighted by atomic mass is 10.0. The number of nitro groups is 1. The van der Waals surface area contributed by atoms with Crippen LogP contribution in [0.2, 0.25) is 0 Å². The summed E-state index contributed by atoms with van der Waals surface area (Å²) in [4.78, 5) is 10.3. The zero-order valence-corrected chi connectivity index (χ0v) is 11.5. The molecule has 0 aliphatic carbocycles. The fourth-order valence-corrected chi connectivity index (χ4v) is 1.67. The lowest BCUT2D eigenvalue weighted by Crippen LogP contribution is -2.34. The highest BCUT2D eigenvalue weighted by Crippen LogP contribution is 2.21. The van der Waals surface area contributed by atoms with Crippen molar-refractivity contribution in [1.29, 1.82) is 0 Å². The van der Waals surface area contributed by atoms with Crippen LogP contribution in [0.3, 0.4) is 0 Å². The smallest absolute Gasteiger partial charge is 0.271 e. The van der Waals surface area contributed by atoms with Crippen LogP contribution < -0.4 is 5.32 Å². The normalized spacial score (nSPS) is 13.9. The number of hydrogen-bond acceptors (Lipinski definition) is 5. The van der Waals surface area contributed by atoms with Crippen molar-refractivity contribution in [3.8, 4) is 0 Å². The number of nitrogens with one attached hydrogen (secondary N) is 1. The van der Waals surface area contributed by atoms with Crippen LogP contribution in [0.5, 0.6) is 0 Å². The summed E-state index contributed by atoms with van der Waals surface area (Å²) in [5, 5.41) is 23.9. The number of benzene rings is 1. The van der Waals surface area contributed by atoms with E-state index >= 15 is 0 Å². The molecule has 0 saturated heterocycles.